The number of hydrogen-bond acceptors (Lipinski definition) is 2. The fraction of sp³-hybridized carbons (Fsp3) is 0.600. The summed E-state index contributed by atoms with van der Waals surface area (Å²) in [6.45, 7) is 1.46. The summed E-state index contributed by atoms with van der Waals surface area (Å²) in [6.07, 6.45) is 7.52. The van der Waals surface area contributed by atoms with Gasteiger partial charge in [-0.1, -0.05) is 30.9 Å². The maximum Gasteiger partial charge on any atom is 0.122 e. The first-order chi connectivity index (χ1) is 8.79. The van der Waals surface area contributed by atoms with Gasteiger partial charge >= 0.3 is 0 Å². The molecule has 0 aliphatic heterocycles. The molecule has 0 unspecified atom stereocenters. The Bertz CT molecular complexity index is 375. The summed E-state index contributed by atoms with van der Waals surface area (Å²) in [6, 6.07) is 5.82. The quantitative estimate of drug-likeness (QED) is 0.881. The van der Waals surface area contributed by atoms with Gasteiger partial charge in [0.05, 0.1) is 6.61 Å². The number of ether oxygens (including phenoxy) is 1. The van der Waals surface area contributed by atoms with Crippen LogP contribution in [0, 0.1) is 5.92 Å². The van der Waals surface area contributed by atoms with Crippen LogP contribution in [0.3, 0.4) is 0 Å². The van der Waals surface area contributed by atoms with Gasteiger partial charge in [-0.05, 0) is 55.5 Å². The highest BCUT2D eigenvalue weighted by atomic mass is 35.5. The van der Waals surface area contributed by atoms with Crippen LogP contribution in [-0.2, 0) is 6.42 Å². The van der Waals surface area contributed by atoms with Crippen LogP contribution in [0.5, 0.6) is 5.75 Å². The lowest BCUT2D eigenvalue weighted by molar-refractivity contribution is 0.207. The Balaban J connectivity index is 1.94. The van der Waals surface area contributed by atoms with Crippen LogP contribution >= 0.6 is 11.6 Å². The SMILES string of the molecule is NCCc1cc(Cl)ccc1OCC1CCCCC1. The Kier molecular flexibility index (Phi) is 5.33. The van der Waals surface area contributed by atoms with Crippen LogP contribution in [0.4, 0.5) is 0 Å². The summed E-state index contributed by atoms with van der Waals surface area (Å²) in [5, 5.41) is 0.753. The molecule has 18 heavy (non-hydrogen) atoms. The van der Waals surface area contributed by atoms with E-state index in [1.807, 2.05) is 18.2 Å². The van der Waals surface area contributed by atoms with Crippen LogP contribution in [0.15, 0.2) is 18.2 Å². The lowest BCUT2D eigenvalue weighted by Gasteiger charge is -2.22. The summed E-state index contributed by atoms with van der Waals surface area (Å²) in [5.74, 6) is 1.68. The zero-order chi connectivity index (χ0) is 12.8. The van der Waals surface area contributed by atoms with E-state index in [1.54, 1.807) is 0 Å². The maximum absolute atomic E-state index is 6.01. The zero-order valence-corrected chi connectivity index (χ0v) is 11.6. The molecule has 1 fully saturated rings. The lowest BCUT2D eigenvalue weighted by Crippen LogP contribution is -2.16. The van der Waals surface area contributed by atoms with Gasteiger partial charge in [-0.3, -0.25) is 0 Å². The summed E-state index contributed by atoms with van der Waals surface area (Å²) in [4.78, 5) is 0. The smallest absolute Gasteiger partial charge is 0.122 e. The molecular weight excluding hydrogens is 246 g/mol. The zero-order valence-electron chi connectivity index (χ0n) is 10.8. The summed E-state index contributed by atoms with van der Waals surface area (Å²) in [7, 11) is 0. The first-order valence-corrected chi connectivity index (χ1v) is 7.28. The van der Waals surface area contributed by atoms with Gasteiger partial charge in [0.25, 0.3) is 0 Å². The van der Waals surface area contributed by atoms with Crippen molar-refractivity contribution in [3.63, 3.8) is 0 Å². The minimum Gasteiger partial charge on any atom is -0.493 e. The minimum atomic E-state index is 0.625. The first kappa shape index (κ1) is 13.7. The molecule has 3 heteroatoms. The van der Waals surface area contributed by atoms with Crippen molar-refractivity contribution in [2.24, 2.45) is 11.7 Å². The van der Waals surface area contributed by atoms with Crippen molar-refractivity contribution in [2.45, 2.75) is 38.5 Å². The predicted octanol–water partition coefficient (Wildman–Crippen LogP) is 3.80. The monoisotopic (exact) mass is 267 g/mol. The van der Waals surface area contributed by atoms with E-state index in [0.29, 0.717) is 6.54 Å². The molecule has 2 nitrogen and oxygen atoms in total. The normalized spacial score (nSPS) is 16.8. The van der Waals surface area contributed by atoms with Crippen molar-refractivity contribution < 1.29 is 4.74 Å². The van der Waals surface area contributed by atoms with Crippen LogP contribution in [0.1, 0.15) is 37.7 Å². The third kappa shape index (κ3) is 3.89. The van der Waals surface area contributed by atoms with Crippen molar-refractivity contribution in [1.82, 2.24) is 0 Å². The van der Waals surface area contributed by atoms with Gasteiger partial charge in [0, 0.05) is 5.02 Å². The summed E-state index contributed by atoms with van der Waals surface area (Å²) < 4.78 is 5.97. The molecule has 1 aliphatic carbocycles. The van der Waals surface area contributed by atoms with E-state index in [1.165, 1.54) is 32.1 Å². The molecule has 0 spiro atoms. The molecule has 2 N–H and O–H groups in total. The largest absolute Gasteiger partial charge is 0.493 e. The van der Waals surface area contributed by atoms with E-state index in [9.17, 15) is 0 Å². The van der Waals surface area contributed by atoms with Crippen LogP contribution in [0.2, 0.25) is 5.02 Å². The Labute approximate surface area is 114 Å². The molecule has 1 saturated carbocycles. The van der Waals surface area contributed by atoms with Gasteiger partial charge in [0.15, 0.2) is 0 Å². The molecule has 1 aliphatic rings. The highest BCUT2D eigenvalue weighted by Gasteiger charge is 2.14. The van der Waals surface area contributed by atoms with Crippen LogP contribution in [-0.4, -0.2) is 13.2 Å². The molecule has 0 bridgehead atoms. The molecule has 2 rings (SSSR count). The molecule has 0 aromatic heterocycles. The predicted molar refractivity (Wildman–Crippen MR) is 76.3 cm³/mol. The Morgan fingerprint density at radius 3 is 2.72 bits per heavy atom. The van der Waals surface area contributed by atoms with Gasteiger partial charge in [0.1, 0.15) is 5.75 Å². The van der Waals surface area contributed by atoms with Crippen molar-refractivity contribution >= 4 is 11.6 Å². The van der Waals surface area contributed by atoms with Gasteiger partial charge in [0.2, 0.25) is 0 Å². The van der Waals surface area contributed by atoms with E-state index >= 15 is 0 Å². The van der Waals surface area contributed by atoms with Crippen molar-refractivity contribution in [3.05, 3.63) is 28.8 Å². The second-order valence-corrected chi connectivity index (χ2v) is 5.54. The molecule has 1 aromatic carbocycles. The molecule has 1 aromatic rings. The minimum absolute atomic E-state index is 0.625. The third-order valence-electron chi connectivity index (χ3n) is 3.64. The molecule has 100 valence electrons. The number of nitrogens with two attached hydrogens (primary N) is 1. The van der Waals surface area contributed by atoms with Crippen molar-refractivity contribution in [1.29, 1.82) is 0 Å². The molecular formula is C15H22ClNO. The Morgan fingerprint density at radius 2 is 2.00 bits per heavy atom. The molecule has 0 radical (unpaired) electrons. The van der Waals surface area contributed by atoms with Gasteiger partial charge in [-0.2, -0.15) is 0 Å². The van der Waals surface area contributed by atoms with Gasteiger partial charge in [-0.25, -0.2) is 0 Å². The highest BCUT2D eigenvalue weighted by Crippen LogP contribution is 2.27. The van der Waals surface area contributed by atoms with E-state index in [-0.39, 0.29) is 0 Å². The van der Waals surface area contributed by atoms with Crippen LogP contribution < -0.4 is 10.5 Å². The second kappa shape index (κ2) is 7.01. The lowest BCUT2D eigenvalue weighted by atomic mass is 9.90. The number of benzene rings is 1. The highest BCUT2D eigenvalue weighted by molar-refractivity contribution is 6.30. The maximum atomic E-state index is 6.01. The van der Waals surface area contributed by atoms with Gasteiger partial charge < -0.3 is 10.5 Å². The molecule has 0 amide bonds. The Hall–Kier alpha value is -0.730. The summed E-state index contributed by atoms with van der Waals surface area (Å²) >= 11 is 6.01. The topological polar surface area (TPSA) is 35.2 Å². The van der Waals surface area contributed by atoms with E-state index < -0.39 is 0 Å². The molecule has 0 atom stereocenters. The summed E-state index contributed by atoms with van der Waals surface area (Å²) in [5.41, 5.74) is 6.75. The number of halogens is 1. The second-order valence-electron chi connectivity index (χ2n) is 5.11. The number of hydrogen-bond donors (Lipinski definition) is 1. The van der Waals surface area contributed by atoms with Crippen molar-refractivity contribution in [2.75, 3.05) is 13.2 Å². The standard InChI is InChI=1S/C15H22ClNO/c16-14-6-7-15(13(10-14)8-9-17)18-11-12-4-2-1-3-5-12/h6-7,10,12H,1-5,8-9,11,17H2. The van der Waals surface area contributed by atoms with Gasteiger partial charge in [-0.15, -0.1) is 0 Å². The van der Waals surface area contributed by atoms with E-state index in [4.69, 9.17) is 22.1 Å². The van der Waals surface area contributed by atoms with E-state index in [2.05, 4.69) is 0 Å². The number of rotatable bonds is 5. The fourth-order valence-corrected chi connectivity index (χ4v) is 2.80. The van der Waals surface area contributed by atoms with Crippen LogP contribution in [0.25, 0.3) is 0 Å². The van der Waals surface area contributed by atoms with Crippen molar-refractivity contribution in [3.8, 4) is 5.75 Å². The molecule has 0 saturated heterocycles. The first-order valence-electron chi connectivity index (χ1n) is 6.91. The Morgan fingerprint density at radius 1 is 1.22 bits per heavy atom. The average molecular weight is 268 g/mol. The third-order valence-corrected chi connectivity index (χ3v) is 3.87. The molecule has 0 heterocycles. The van der Waals surface area contributed by atoms with E-state index in [0.717, 1.165) is 35.3 Å². The fourth-order valence-electron chi connectivity index (χ4n) is 2.60. The average Bonchev–Trinajstić information content (AvgIpc) is 2.39.